The molecule has 0 aromatic heterocycles. The van der Waals surface area contributed by atoms with E-state index in [0.29, 0.717) is 18.0 Å². The number of benzene rings is 1. The lowest BCUT2D eigenvalue weighted by Gasteiger charge is -2.26. The van der Waals surface area contributed by atoms with Crippen LogP contribution >= 0.6 is 0 Å². The minimum absolute atomic E-state index is 0.150. The van der Waals surface area contributed by atoms with Gasteiger partial charge in [-0.15, -0.1) is 0 Å². The number of carbonyl (C=O) groups is 1. The highest BCUT2D eigenvalue weighted by atomic mass is 32.2. The molecular weight excluding hydrogens is 292 g/mol. The van der Waals surface area contributed by atoms with E-state index in [0.717, 1.165) is 12.8 Å². The van der Waals surface area contributed by atoms with Gasteiger partial charge in [-0.05, 0) is 43.0 Å². The zero-order valence-electron chi connectivity index (χ0n) is 12.2. The molecule has 1 aromatic rings. The van der Waals surface area contributed by atoms with Crippen molar-refractivity contribution in [2.24, 2.45) is 11.7 Å². The van der Waals surface area contributed by atoms with Gasteiger partial charge in [0.1, 0.15) is 0 Å². The zero-order valence-corrected chi connectivity index (χ0v) is 13.0. The van der Waals surface area contributed by atoms with Gasteiger partial charge in [-0.3, -0.25) is 0 Å². The fourth-order valence-corrected chi connectivity index (χ4v) is 3.77. The number of carbonyl (C=O) groups excluding carboxylic acids is 1. The predicted molar refractivity (Wildman–Crippen MR) is 78.3 cm³/mol. The Bertz CT molecular complexity index is 608. The van der Waals surface area contributed by atoms with Gasteiger partial charge in [-0.1, -0.05) is 0 Å². The summed E-state index contributed by atoms with van der Waals surface area (Å²) in [5, 5.41) is 0. The van der Waals surface area contributed by atoms with Gasteiger partial charge in [0.05, 0.1) is 17.6 Å². The van der Waals surface area contributed by atoms with Crippen LogP contribution in [-0.2, 0) is 14.8 Å². The lowest BCUT2D eigenvalue weighted by molar-refractivity contribution is 0.0600. The molecule has 2 N–H and O–H groups in total. The molecule has 0 radical (unpaired) electrons. The number of methoxy groups -OCH3 is 1. The molecule has 21 heavy (non-hydrogen) atoms. The second-order valence-corrected chi connectivity index (χ2v) is 7.18. The first-order chi connectivity index (χ1) is 9.91. The van der Waals surface area contributed by atoms with E-state index >= 15 is 0 Å². The third kappa shape index (κ3) is 3.25. The number of esters is 1. The van der Waals surface area contributed by atoms with E-state index in [1.807, 2.05) is 0 Å². The van der Waals surface area contributed by atoms with Crippen molar-refractivity contribution in [3.8, 4) is 0 Å². The second kappa shape index (κ2) is 6.13. The van der Waals surface area contributed by atoms with Crippen LogP contribution in [0.2, 0.25) is 0 Å². The van der Waals surface area contributed by atoms with Crippen molar-refractivity contribution < 1.29 is 17.9 Å². The molecule has 1 saturated carbocycles. The molecule has 1 aliphatic rings. The van der Waals surface area contributed by atoms with Gasteiger partial charge in [-0.2, -0.15) is 4.31 Å². The molecule has 0 amide bonds. The summed E-state index contributed by atoms with van der Waals surface area (Å²) < 4.78 is 31.1. The van der Waals surface area contributed by atoms with Gasteiger partial charge in [-0.25, -0.2) is 13.2 Å². The molecule has 0 aliphatic heterocycles. The first kappa shape index (κ1) is 15.9. The molecule has 0 saturated heterocycles. The Balaban J connectivity index is 2.24. The summed E-state index contributed by atoms with van der Waals surface area (Å²) in [5.41, 5.74) is 6.02. The molecule has 0 spiro atoms. The molecule has 6 nitrogen and oxygen atoms in total. The van der Waals surface area contributed by atoms with Crippen molar-refractivity contribution >= 4 is 16.0 Å². The number of rotatable bonds is 6. The molecule has 0 heterocycles. The second-order valence-electron chi connectivity index (χ2n) is 5.18. The average molecular weight is 312 g/mol. The van der Waals surface area contributed by atoms with Crippen LogP contribution in [0.5, 0.6) is 0 Å². The van der Waals surface area contributed by atoms with Gasteiger partial charge in [0.2, 0.25) is 10.0 Å². The average Bonchev–Trinajstić information content (AvgIpc) is 3.32. The minimum atomic E-state index is -3.60. The van der Waals surface area contributed by atoms with Gasteiger partial charge in [0, 0.05) is 19.6 Å². The molecule has 1 atom stereocenters. The Hall–Kier alpha value is -1.44. The van der Waals surface area contributed by atoms with E-state index in [9.17, 15) is 13.2 Å². The first-order valence-electron chi connectivity index (χ1n) is 6.78. The fraction of sp³-hybridized carbons (Fsp3) is 0.500. The normalized spacial score (nSPS) is 16.8. The van der Waals surface area contributed by atoms with Crippen LogP contribution < -0.4 is 5.73 Å². The van der Waals surface area contributed by atoms with E-state index in [1.165, 1.54) is 35.7 Å². The summed E-state index contributed by atoms with van der Waals surface area (Å²) in [5.74, 6) is -0.144. The lowest BCUT2D eigenvalue weighted by Crippen LogP contribution is -2.43. The Morgan fingerprint density at radius 1 is 1.38 bits per heavy atom. The van der Waals surface area contributed by atoms with E-state index in [-0.39, 0.29) is 10.9 Å². The molecule has 1 fully saturated rings. The molecule has 116 valence electrons. The summed E-state index contributed by atoms with van der Waals surface area (Å²) in [6.07, 6.45) is 2.03. The van der Waals surface area contributed by atoms with Crippen molar-refractivity contribution in [1.29, 1.82) is 0 Å². The van der Waals surface area contributed by atoms with E-state index in [2.05, 4.69) is 4.74 Å². The van der Waals surface area contributed by atoms with Crippen LogP contribution in [0.1, 0.15) is 23.2 Å². The van der Waals surface area contributed by atoms with Gasteiger partial charge in [0.25, 0.3) is 0 Å². The molecule has 7 heteroatoms. The Kier molecular flexibility index (Phi) is 4.65. The number of likely N-dealkylation sites (N-methyl/N-ethyl adjacent to an activating group) is 1. The molecule has 1 aromatic carbocycles. The Morgan fingerprint density at radius 3 is 2.38 bits per heavy atom. The number of sulfonamides is 1. The minimum Gasteiger partial charge on any atom is -0.465 e. The third-order valence-corrected chi connectivity index (χ3v) is 5.72. The van der Waals surface area contributed by atoms with Gasteiger partial charge >= 0.3 is 5.97 Å². The highest BCUT2D eigenvalue weighted by Gasteiger charge is 2.38. The topological polar surface area (TPSA) is 89.7 Å². The quantitative estimate of drug-likeness (QED) is 0.786. The van der Waals surface area contributed by atoms with E-state index in [4.69, 9.17) is 5.73 Å². The largest absolute Gasteiger partial charge is 0.465 e. The molecule has 0 bridgehead atoms. The van der Waals surface area contributed by atoms with Crippen molar-refractivity contribution in [2.75, 3.05) is 20.7 Å². The SMILES string of the molecule is COC(=O)c1ccc(S(=O)(=O)N(C)C(CN)C2CC2)cc1. The van der Waals surface area contributed by atoms with Crippen LogP contribution in [0.25, 0.3) is 0 Å². The van der Waals surface area contributed by atoms with Crippen molar-refractivity contribution in [2.45, 2.75) is 23.8 Å². The van der Waals surface area contributed by atoms with Gasteiger partial charge in [0.15, 0.2) is 0 Å². The number of nitrogens with zero attached hydrogens (tertiary/aromatic N) is 1. The molecule has 1 aliphatic carbocycles. The van der Waals surface area contributed by atoms with Crippen LogP contribution in [0.15, 0.2) is 29.2 Å². The number of nitrogens with two attached hydrogens (primary N) is 1. The Labute approximate surface area is 124 Å². The predicted octanol–water partition coefficient (Wildman–Crippen LogP) is 0.831. The van der Waals surface area contributed by atoms with Crippen molar-refractivity contribution in [3.63, 3.8) is 0 Å². The van der Waals surface area contributed by atoms with Crippen molar-refractivity contribution in [1.82, 2.24) is 4.31 Å². The van der Waals surface area contributed by atoms with E-state index in [1.54, 1.807) is 7.05 Å². The highest BCUT2D eigenvalue weighted by Crippen LogP contribution is 2.36. The summed E-state index contributed by atoms with van der Waals surface area (Å²) in [6, 6.07) is 5.55. The number of hydrogen-bond acceptors (Lipinski definition) is 5. The highest BCUT2D eigenvalue weighted by molar-refractivity contribution is 7.89. The van der Waals surface area contributed by atoms with Crippen LogP contribution in [-0.4, -0.2) is 45.4 Å². The molecule has 2 rings (SSSR count). The van der Waals surface area contributed by atoms with Crippen LogP contribution in [0.4, 0.5) is 0 Å². The lowest BCUT2D eigenvalue weighted by atomic mass is 10.2. The summed E-state index contributed by atoms with van der Waals surface area (Å²) in [6.45, 7) is 0.306. The zero-order chi connectivity index (χ0) is 15.6. The monoisotopic (exact) mass is 312 g/mol. The first-order valence-corrected chi connectivity index (χ1v) is 8.22. The molecular formula is C14H20N2O4S. The number of ether oxygens (including phenoxy) is 1. The van der Waals surface area contributed by atoms with Crippen molar-refractivity contribution in [3.05, 3.63) is 29.8 Å². The number of hydrogen-bond donors (Lipinski definition) is 1. The maximum absolute atomic E-state index is 12.6. The fourth-order valence-electron chi connectivity index (χ4n) is 2.34. The summed E-state index contributed by atoms with van der Waals surface area (Å²) in [7, 11) is -0.768. The standard InChI is InChI=1S/C14H20N2O4S/c1-16(13(9-15)10-3-4-10)21(18,19)12-7-5-11(6-8-12)14(17)20-2/h5-8,10,13H,3-4,9,15H2,1-2H3. The Morgan fingerprint density at radius 2 is 1.95 bits per heavy atom. The maximum atomic E-state index is 12.6. The van der Waals surface area contributed by atoms with Crippen LogP contribution in [0.3, 0.4) is 0 Å². The van der Waals surface area contributed by atoms with Gasteiger partial charge < -0.3 is 10.5 Å². The third-order valence-electron chi connectivity index (χ3n) is 3.83. The van der Waals surface area contributed by atoms with E-state index < -0.39 is 16.0 Å². The summed E-state index contributed by atoms with van der Waals surface area (Å²) >= 11 is 0. The summed E-state index contributed by atoms with van der Waals surface area (Å²) in [4.78, 5) is 11.5. The van der Waals surface area contributed by atoms with Crippen LogP contribution in [0, 0.1) is 5.92 Å². The molecule has 1 unspecified atom stereocenters. The smallest absolute Gasteiger partial charge is 0.337 e. The maximum Gasteiger partial charge on any atom is 0.337 e.